The van der Waals surface area contributed by atoms with Crippen LogP contribution in [0, 0.1) is 6.92 Å². The zero-order valence-corrected chi connectivity index (χ0v) is 13.4. The lowest BCUT2D eigenvalue weighted by Crippen LogP contribution is -2.31. The van der Waals surface area contributed by atoms with Gasteiger partial charge in [-0.15, -0.1) is 0 Å². The van der Waals surface area contributed by atoms with Crippen LogP contribution in [0.5, 0.6) is 0 Å². The number of hydrogen-bond donors (Lipinski definition) is 3. The van der Waals surface area contributed by atoms with Gasteiger partial charge in [0.15, 0.2) is 0 Å². The van der Waals surface area contributed by atoms with Gasteiger partial charge in [0, 0.05) is 23.3 Å². The predicted octanol–water partition coefficient (Wildman–Crippen LogP) is 3.20. The second-order valence-electron chi connectivity index (χ2n) is 5.71. The molecular weight excluding hydrogens is 302 g/mol. The molecule has 0 unspecified atom stereocenters. The number of benzene rings is 2. The van der Waals surface area contributed by atoms with E-state index >= 15 is 0 Å². The van der Waals surface area contributed by atoms with Crippen LogP contribution < -0.4 is 16.2 Å². The van der Waals surface area contributed by atoms with Gasteiger partial charge < -0.3 is 15.6 Å². The highest BCUT2D eigenvalue weighted by atomic mass is 16.2. The number of H-pyrrole nitrogens is 1. The fourth-order valence-electron chi connectivity index (χ4n) is 2.56. The van der Waals surface area contributed by atoms with Crippen LogP contribution in [0.25, 0.3) is 10.9 Å². The van der Waals surface area contributed by atoms with Gasteiger partial charge in [-0.1, -0.05) is 29.8 Å². The topological polar surface area (TPSA) is 74.0 Å². The van der Waals surface area contributed by atoms with Gasteiger partial charge in [-0.3, -0.25) is 4.79 Å². The average molecular weight is 321 g/mol. The average Bonchev–Trinajstić information content (AvgIpc) is 2.56. The van der Waals surface area contributed by atoms with Gasteiger partial charge in [-0.25, -0.2) is 4.79 Å². The highest BCUT2D eigenvalue weighted by Gasteiger charge is 2.05. The third-order valence-electron chi connectivity index (χ3n) is 3.79. The highest BCUT2D eigenvalue weighted by Crippen LogP contribution is 2.13. The number of fused-ring (bicyclic) bond motifs is 1. The Balaban J connectivity index is 1.62. The van der Waals surface area contributed by atoms with Crippen molar-refractivity contribution >= 4 is 22.6 Å². The summed E-state index contributed by atoms with van der Waals surface area (Å²) in [5, 5.41) is 6.51. The van der Waals surface area contributed by atoms with E-state index in [-0.39, 0.29) is 11.6 Å². The molecule has 1 aromatic heterocycles. The summed E-state index contributed by atoms with van der Waals surface area (Å²) in [6.07, 6.45) is 0.474. The standard InChI is InChI=1S/C19H19N3O2/c1-13-7-8-17-15(11-13)12-14(18(23)22-17)9-10-20-19(24)21-16-5-3-2-4-6-16/h2-8,11-12H,9-10H2,1H3,(H,22,23)(H2,20,21,24). The molecule has 0 aliphatic rings. The maximum absolute atomic E-state index is 12.1. The van der Waals surface area contributed by atoms with Crippen LogP contribution in [-0.2, 0) is 6.42 Å². The van der Waals surface area contributed by atoms with E-state index in [1.807, 2.05) is 61.5 Å². The Kier molecular flexibility index (Phi) is 4.61. The van der Waals surface area contributed by atoms with E-state index in [1.54, 1.807) is 0 Å². The summed E-state index contributed by atoms with van der Waals surface area (Å²) in [6, 6.07) is 16.7. The summed E-state index contributed by atoms with van der Waals surface area (Å²) in [4.78, 5) is 26.8. The molecule has 0 bridgehead atoms. The maximum atomic E-state index is 12.1. The van der Waals surface area contributed by atoms with Gasteiger partial charge in [-0.05, 0) is 49.1 Å². The van der Waals surface area contributed by atoms with Crippen molar-refractivity contribution in [3.63, 3.8) is 0 Å². The molecule has 3 aromatic rings. The lowest BCUT2D eigenvalue weighted by atomic mass is 10.1. The largest absolute Gasteiger partial charge is 0.338 e. The molecule has 0 aliphatic carbocycles. The number of aromatic nitrogens is 1. The van der Waals surface area contributed by atoms with Crippen molar-refractivity contribution in [3.05, 3.63) is 76.1 Å². The number of aromatic amines is 1. The first-order valence-corrected chi connectivity index (χ1v) is 7.84. The number of carbonyl (C=O) groups excluding carboxylic acids is 1. The van der Waals surface area contributed by atoms with Gasteiger partial charge in [0.1, 0.15) is 0 Å². The SMILES string of the molecule is Cc1ccc2[nH]c(=O)c(CCNC(=O)Nc3ccccc3)cc2c1. The van der Waals surface area contributed by atoms with Crippen LogP contribution in [0.4, 0.5) is 10.5 Å². The second-order valence-corrected chi connectivity index (χ2v) is 5.71. The van der Waals surface area contributed by atoms with E-state index in [4.69, 9.17) is 0 Å². The minimum Gasteiger partial charge on any atom is -0.338 e. The maximum Gasteiger partial charge on any atom is 0.319 e. The first-order chi connectivity index (χ1) is 11.6. The van der Waals surface area contributed by atoms with E-state index in [1.165, 1.54) is 0 Å². The third kappa shape index (κ3) is 3.81. The molecule has 5 heteroatoms. The van der Waals surface area contributed by atoms with Crippen LogP contribution in [0.3, 0.4) is 0 Å². The summed E-state index contributed by atoms with van der Waals surface area (Å²) in [7, 11) is 0. The van der Waals surface area contributed by atoms with Crippen molar-refractivity contribution in [2.45, 2.75) is 13.3 Å². The lowest BCUT2D eigenvalue weighted by Gasteiger charge is -2.08. The zero-order valence-electron chi connectivity index (χ0n) is 13.4. The van der Waals surface area contributed by atoms with E-state index in [2.05, 4.69) is 15.6 Å². The first kappa shape index (κ1) is 15.8. The van der Waals surface area contributed by atoms with Crippen LogP contribution >= 0.6 is 0 Å². The normalized spacial score (nSPS) is 10.5. The number of anilines is 1. The minimum atomic E-state index is -0.283. The van der Waals surface area contributed by atoms with E-state index in [0.29, 0.717) is 18.5 Å². The number of para-hydroxylation sites is 1. The Morgan fingerprint density at radius 2 is 1.88 bits per heavy atom. The number of pyridine rings is 1. The fourth-order valence-corrected chi connectivity index (χ4v) is 2.56. The summed E-state index contributed by atoms with van der Waals surface area (Å²) in [5.74, 6) is 0. The monoisotopic (exact) mass is 321 g/mol. The Morgan fingerprint density at radius 1 is 1.08 bits per heavy atom. The number of amides is 2. The first-order valence-electron chi connectivity index (χ1n) is 7.84. The molecule has 0 spiro atoms. The molecule has 0 fully saturated rings. The quantitative estimate of drug-likeness (QED) is 0.690. The molecular formula is C19H19N3O2. The van der Waals surface area contributed by atoms with Crippen LogP contribution in [-0.4, -0.2) is 17.6 Å². The zero-order chi connectivity index (χ0) is 16.9. The molecule has 2 amide bonds. The Hall–Kier alpha value is -3.08. The number of rotatable bonds is 4. The molecule has 0 atom stereocenters. The second kappa shape index (κ2) is 7.00. The molecule has 24 heavy (non-hydrogen) atoms. The van der Waals surface area contributed by atoms with Crippen molar-refractivity contribution in [2.24, 2.45) is 0 Å². The molecule has 122 valence electrons. The summed E-state index contributed by atoms with van der Waals surface area (Å²) in [6.45, 7) is 2.40. The highest BCUT2D eigenvalue weighted by molar-refractivity contribution is 5.89. The van der Waals surface area contributed by atoms with Gasteiger partial charge in [-0.2, -0.15) is 0 Å². The van der Waals surface area contributed by atoms with Crippen LogP contribution in [0.1, 0.15) is 11.1 Å². The summed E-state index contributed by atoms with van der Waals surface area (Å²) in [5.41, 5.74) is 3.24. The van der Waals surface area contributed by atoms with Crippen molar-refractivity contribution in [3.8, 4) is 0 Å². The number of hydrogen-bond acceptors (Lipinski definition) is 2. The summed E-state index contributed by atoms with van der Waals surface area (Å²) < 4.78 is 0. The van der Waals surface area contributed by atoms with E-state index in [0.717, 1.165) is 22.2 Å². The van der Waals surface area contributed by atoms with E-state index in [9.17, 15) is 9.59 Å². The molecule has 0 radical (unpaired) electrons. The van der Waals surface area contributed by atoms with Gasteiger partial charge >= 0.3 is 6.03 Å². The van der Waals surface area contributed by atoms with Gasteiger partial charge in [0.05, 0.1) is 0 Å². The van der Waals surface area contributed by atoms with Gasteiger partial charge in [0.2, 0.25) is 0 Å². The molecule has 0 saturated carbocycles. The molecule has 2 aromatic carbocycles. The molecule has 1 heterocycles. The molecule has 0 aliphatic heterocycles. The lowest BCUT2D eigenvalue weighted by molar-refractivity contribution is 0.252. The molecule has 5 nitrogen and oxygen atoms in total. The van der Waals surface area contributed by atoms with Crippen molar-refractivity contribution in [1.82, 2.24) is 10.3 Å². The number of urea groups is 1. The van der Waals surface area contributed by atoms with Crippen LogP contribution in [0.2, 0.25) is 0 Å². The smallest absolute Gasteiger partial charge is 0.319 e. The predicted molar refractivity (Wildman–Crippen MR) is 96.5 cm³/mol. The van der Waals surface area contributed by atoms with E-state index < -0.39 is 0 Å². The van der Waals surface area contributed by atoms with Crippen molar-refractivity contribution in [1.29, 1.82) is 0 Å². The van der Waals surface area contributed by atoms with Crippen molar-refractivity contribution in [2.75, 3.05) is 11.9 Å². The summed E-state index contributed by atoms with van der Waals surface area (Å²) >= 11 is 0. The minimum absolute atomic E-state index is 0.114. The Bertz CT molecular complexity index is 917. The number of nitrogens with one attached hydrogen (secondary N) is 3. The molecule has 3 N–H and O–H groups in total. The third-order valence-corrected chi connectivity index (χ3v) is 3.79. The Labute approximate surface area is 139 Å². The molecule has 0 saturated heterocycles. The molecule has 3 rings (SSSR count). The number of aryl methyl sites for hydroxylation is 1. The van der Waals surface area contributed by atoms with Crippen LogP contribution in [0.15, 0.2) is 59.4 Å². The Morgan fingerprint density at radius 3 is 2.67 bits per heavy atom. The fraction of sp³-hybridized carbons (Fsp3) is 0.158. The van der Waals surface area contributed by atoms with Gasteiger partial charge in [0.25, 0.3) is 5.56 Å². The van der Waals surface area contributed by atoms with Crippen molar-refractivity contribution < 1.29 is 4.79 Å². The number of carbonyl (C=O) groups is 1.